The molecule has 8 nitrogen and oxygen atoms in total. The van der Waals surface area contributed by atoms with Crippen LogP contribution in [-0.4, -0.2) is 38.6 Å². The van der Waals surface area contributed by atoms with Crippen LogP contribution in [0, 0.1) is 0 Å². The van der Waals surface area contributed by atoms with Gasteiger partial charge in [-0.15, -0.1) is 5.10 Å². The summed E-state index contributed by atoms with van der Waals surface area (Å²) in [4.78, 5) is 4.54. The zero-order valence-corrected chi connectivity index (χ0v) is 18.3. The molecule has 0 amide bonds. The van der Waals surface area contributed by atoms with Crippen LogP contribution in [0.5, 0.6) is 0 Å². The molecule has 1 unspecified atom stereocenters. The van der Waals surface area contributed by atoms with E-state index in [2.05, 4.69) is 37.0 Å². The molecule has 2 aromatic heterocycles. The van der Waals surface area contributed by atoms with E-state index in [9.17, 15) is 0 Å². The third kappa shape index (κ3) is 3.65. The third-order valence-corrected chi connectivity index (χ3v) is 6.54. The lowest BCUT2D eigenvalue weighted by Crippen LogP contribution is -2.17. The summed E-state index contributed by atoms with van der Waals surface area (Å²) in [5.41, 5.74) is 9.84. The number of benzene rings is 2. The Labute approximate surface area is 188 Å². The predicted octanol–water partition coefficient (Wildman–Crippen LogP) is 4.21. The fraction of sp³-hybridized carbons (Fsp3) is 0.190. The highest BCUT2D eigenvalue weighted by Gasteiger charge is 2.31. The number of imidazole rings is 1. The number of nitrogens with zero attached hydrogens (tertiary/aromatic N) is 5. The number of fused-ring (bicyclic) bond motifs is 1. The number of ether oxygens (including phenoxy) is 1. The highest BCUT2D eigenvalue weighted by molar-refractivity contribution is 8.14. The van der Waals surface area contributed by atoms with Crippen LogP contribution in [0.1, 0.15) is 10.9 Å². The SMILES string of the molecule is COCCn1ccnc1-c1cccc(C2SC(N)=NN2c2ccc3[nH]ncc3c2Cl)c1. The molecule has 2 aromatic carbocycles. The zero-order chi connectivity index (χ0) is 21.4. The quantitative estimate of drug-likeness (QED) is 0.454. The zero-order valence-electron chi connectivity index (χ0n) is 16.7. The summed E-state index contributed by atoms with van der Waals surface area (Å²) in [6, 6.07) is 12.1. The summed E-state index contributed by atoms with van der Waals surface area (Å²) in [5, 5.41) is 15.2. The molecule has 0 fully saturated rings. The summed E-state index contributed by atoms with van der Waals surface area (Å²) in [7, 11) is 1.69. The van der Waals surface area contributed by atoms with Gasteiger partial charge in [0.15, 0.2) is 5.17 Å². The highest BCUT2D eigenvalue weighted by atomic mass is 35.5. The van der Waals surface area contributed by atoms with Gasteiger partial charge in [0.2, 0.25) is 0 Å². The van der Waals surface area contributed by atoms with Gasteiger partial charge in [-0.1, -0.05) is 41.6 Å². The Morgan fingerprint density at radius 3 is 3.06 bits per heavy atom. The Morgan fingerprint density at radius 1 is 1.29 bits per heavy atom. The van der Waals surface area contributed by atoms with Gasteiger partial charge in [-0.3, -0.25) is 5.10 Å². The van der Waals surface area contributed by atoms with Gasteiger partial charge in [-0.25, -0.2) is 9.99 Å². The summed E-state index contributed by atoms with van der Waals surface area (Å²) in [6.45, 7) is 1.35. The van der Waals surface area contributed by atoms with Crippen LogP contribution in [-0.2, 0) is 11.3 Å². The summed E-state index contributed by atoms with van der Waals surface area (Å²) in [5.74, 6) is 0.889. The molecule has 0 saturated heterocycles. The van der Waals surface area contributed by atoms with E-state index in [0.29, 0.717) is 16.8 Å². The molecule has 1 aliphatic heterocycles. The van der Waals surface area contributed by atoms with E-state index in [0.717, 1.165) is 40.1 Å². The number of nitrogens with two attached hydrogens (primary N) is 1. The van der Waals surface area contributed by atoms with Crippen LogP contribution in [0.3, 0.4) is 0 Å². The summed E-state index contributed by atoms with van der Waals surface area (Å²) >= 11 is 8.19. The number of aromatic nitrogens is 4. The van der Waals surface area contributed by atoms with Gasteiger partial charge in [0.05, 0.1) is 29.0 Å². The van der Waals surface area contributed by atoms with Gasteiger partial charge in [-0.05, 0) is 23.8 Å². The van der Waals surface area contributed by atoms with E-state index in [1.54, 1.807) is 19.5 Å². The number of nitrogens with one attached hydrogen (secondary N) is 1. The number of halogens is 1. The molecule has 3 heterocycles. The van der Waals surface area contributed by atoms with Crippen LogP contribution in [0.2, 0.25) is 5.02 Å². The van der Waals surface area contributed by atoms with Crippen molar-refractivity contribution >= 4 is 45.1 Å². The van der Waals surface area contributed by atoms with E-state index >= 15 is 0 Å². The van der Waals surface area contributed by atoms with Gasteiger partial charge in [0, 0.05) is 37.0 Å². The molecule has 10 heteroatoms. The molecule has 31 heavy (non-hydrogen) atoms. The van der Waals surface area contributed by atoms with Crippen molar-refractivity contribution in [3.8, 4) is 11.4 Å². The van der Waals surface area contributed by atoms with Crippen molar-refractivity contribution in [3.63, 3.8) is 0 Å². The molecule has 1 aliphatic rings. The molecular formula is C21H20ClN7OS. The predicted molar refractivity (Wildman–Crippen MR) is 125 cm³/mol. The molecular weight excluding hydrogens is 434 g/mol. The average molecular weight is 454 g/mol. The number of rotatable bonds is 6. The Balaban J connectivity index is 1.52. The number of hydrogen-bond acceptors (Lipinski definition) is 7. The number of amidine groups is 1. The van der Waals surface area contributed by atoms with E-state index < -0.39 is 0 Å². The molecule has 5 rings (SSSR count). The molecule has 4 aromatic rings. The van der Waals surface area contributed by atoms with Gasteiger partial charge >= 0.3 is 0 Å². The van der Waals surface area contributed by atoms with Crippen LogP contribution in [0.4, 0.5) is 5.69 Å². The monoisotopic (exact) mass is 453 g/mol. The average Bonchev–Trinajstić information content (AvgIpc) is 3.52. The third-order valence-electron chi connectivity index (χ3n) is 5.13. The Bertz CT molecular complexity index is 1270. The first-order valence-electron chi connectivity index (χ1n) is 9.67. The Hall–Kier alpha value is -3.01. The molecule has 0 spiro atoms. The van der Waals surface area contributed by atoms with Crippen molar-refractivity contribution in [2.24, 2.45) is 10.8 Å². The maximum Gasteiger partial charge on any atom is 0.180 e. The number of hydrazone groups is 1. The molecule has 1 atom stereocenters. The van der Waals surface area contributed by atoms with Crippen molar-refractivity contribution in [3.05, 3.63) is 65.6 Å². The van der Waals surface area contributed by atoms with Gasteiger partial charge in [-0.2, -0.15) is 5.10 Å². The molecule has 0 aliphatic carbocycles. The van der Waals surface area contributed by atoms with Crippen molar-refractivity contribution < 1.29 is 4.74 Å². The fourth-order valence-electron chi connectivity index (χ4n) is 3.66. The number of methoxy groups -OCH3 is 1. The van der Waals surface area contributed by atoms with E-state index in [4.69, 9.17) is 22.1 Å². The number of aromatic amines is 1. The van der Waals surface area contributed by atoms with Crippen LogP contribution < -0.4 is 10.7 Å². The van der Waals surface area contributed by atoms with Gasteiger partial charge < -0.3 is 15.0 Å². The minimum Gasteiger partial charge on any atom is -0.383 e. The van der Waals surface area contributed by atoms with E-state index in [-0.39, 0.29) is 5.37 Å². The van der Waals surface area contributed by atoms with Crippen molar-refractivity contribution in [2.45, 2.75) is 11.9 Å². The smallest absolute Gasteiger partial charge is 0.180 e. The lowest BCUT2D eigenvalue weighted by Gasteiger charge is -2.24. The normalized spacial score (nSPS) is 16.3. The fourth-order valence-corrected chi connectivity index (χ4v) is 4.86. The second-order valence-corrected chi connectivity index (χ2v) is 8.52. The summed E-state index contributed by atoms with van der Waals surface area (Å²) in [6.07, 6.45) is 5.47. The largest absolute Gasteiger partial charge is 0.383 e. The van der Waals surface area contributed by atoms with Crippen LogP contribution in [0.25, 0.3) is 22.3 Å². The standard InChI is InChI=1S/C21H20ClN7OS/c1-30-10-9-28-8-7-24-19(28)13-3-2-4-14(11-13)20-29(27-21(23)31-20)17-6-5-16-15(18(17)22)12-25-26-16/h2-8,11-12,20H,9-10H2,1H3,(H2,23,27)(H,25,26). The molecule has 0 saturated carbocycles. The molecule has 0 bridgehead atoms. The van der Waals surface area contributed by atoms with E-state index in [1.807, 2.05) is 35.5 Å². The number of H-pyrrole nitrogens is 1. The second kappa shape index (κ2) is 8.26. The second-order valence-electron chi connectivity index (χ2n) is 7.05. The minimum atomic E-state index is -0.149. The first-order chi connectivity index (χ1) is 15.2. The lowest BCUT2D eigenvalue weighted by atomic mass is 10.1. The number of hydrogen-bond donors (Lipinski definition) is 2. The number of thioether (sulfide) groups is 1. The maximum atomic E-state index is 6.70. The topological polar surface area (TPSA) is 97.4 Å². The van der Waals surface area contributed by atoms with Crippen LogP contribution in [0.15, 0.2) is 60.1 Å². The minimum absolute atomic E-state index is 0.149. The first kappa shape index (κ1) is 19.9. The lowest BCUT2D eigenvalue weighted by molar-refractivity contribution is 0.187. The van der Waals surface area contributed by atoms with E-state index in [1.165, 1.54) is 11.8 Å². The van der Waals surface area contributed by atoms with Crippen molar-refractivity contribution in [1.82, 2.24) is 19.7 Å². The summed E-state index contributed by atoms with van der Waals surface area (Å²) < 4.78 is 7.30. The van der Waals surface area contributed by atoms with Gasteiger partial charge in [0.25, 0.3) is 0 Å². The van der Waals surface area contributed by atoms with Gasteiger partial charge in [0.1, 0.15) is 11.2 Å². The number of anilines is 1. The molecule has 0 radical (unpaired) electrons. The Morgan fingerprint density at radius 2 is 2.19 bits per heavy atom. The van der Waals surface area contributed by atoms with Crippen molar-refractivity contribution in [2.75, 3.05) is 18.7 Å². The Kier molecular flexibility index (Phi) is 5.31. The van der Waals surface area contributed by atoms with Crippen LogP contribution >= 0.6 is 23.4 Å². The molecule has 3 N–H and O–H groups in total. The first-order valence-corrected chi connectivity index (χ1v) is 10.9. The maximum absolute atomic E-state index is 6.70. The highest BCUT2D eigenvalue weighted by Crippen LogP contribution is 2.45. The molecule has 158 valence electrons. The van der Waals surface area contributed by atoms with Crippen molar-refractivity contribution in [1.29, 1.82) is 0 Å².